The van der Waals surface area contributed by atoms with Crippen molar-refractivity contribution in [2.24, 2.45) is 5.41 Å². The van der Waals surface area contributed by atoms with Gasteiger partial charge in [-0.3, -0.25) is 4.84 Å². The summed E-state index contributed by atoms with van der Waals surface area (Å²) < 4.78 is 6.01. The lowest BCUT2D eigenvalue weighted by Gasteiger charge is -2.52. The van der Waals surface area contributed by atoms with E-state index in [2.05, 4.69) is 51.0 Å². The minimum absolute atomic E-state index is 0.00833. The van der Waals surface area contributed by atoms with Gasteiger partial charge in [0.1, 0.15) is 6.10 Å². The average molecular weight is 387 g/mol. The number of piperidine rings is 1. The molecule has 1 atom stereocenters. The van der Waals surface area contributed by atoms with Gasteiger partial charge in [-0.2, -0.15) is 10.3 Å². The maximum absolute atomic E-state index is 9.15. The highest BCUT2D eigenvalue weighted by Crippen LogP contribution is 2.40. The van der Waals surface area contributed by atoms with E-state index in [0.717, 1.165) is 31.2 Å². The Kier molecular flexibility index (Phi) is 7.67. The smallest absolute Gasteiger partial charge is 0.128 e. The van der Waals surface area contributed by atoms with Crippen LogP contribution in [0.1, 0.15) is 85.3 Å². The molecule has 0 aromatic heterocycles. The number of ether oxygens (including phenoxy) is 1. The van der Waals surface area contributed by atoms with Crippen LogP contribution in [0.15, 0.2) is 30.3 Å². The molecule has 0 N–H and O–H groups in total. The fourth-order valence-corrected chi connectivity index (χ4v) is 4.11. The molecular weight excluding hydrogens is 348 g/mol. The number of hydrogen-bond acceptors (Lipinski definition) is 4. The summed E-state index contributed by atoms with van der Waals surface area (Å²) in [5.74, 6) is 0. The maximum atomic E-state index is 9.15. The summed E-state index contributed by atoms with van der Waals surface area (Å²) in [7, 11) is 0. The van der Waals surface area contributed by atoms with Gasteiger partial charge in [-0.1, -0.05) is 30.3 Å². The van der Waals surface area contributed by atoms with Crippen molar-refractivity contribution in [2.45, 2.75) is 90.8 Å². The lowest BCUT2D eigenvalue weighted by Crippen LogP contribution is -2.58. The monoisotopic (exact) mass is 386 g/mol. The topological polar surface area (TPSA) is 45.5 Å². The SMILES string of the molecule is CC(C)(C#N)CCCOCC(ON1C(C)(C)CCCC1(C)C)c1ccccc1. The van der Waals surface area contributed by atoms with Crippen LogP contribution in [0.2, 0.25) is 0 Å². The molecule has 156 valence electrons. The van der Waals surface area contributed by atoms with Crippen LogP contribution in [0, 0.1) is 16.7 Å². The van der Waals surface area contributed by atoms with Crippen molar-refractivity contribution < 1.29 is 9.57 Å². The number of nitriles is 1. The van der Waals surface area contributed by atoms with Crippen LogP contribution < -0.4 is 0 Å². The van der Waals surface area contributed by atoms with Crippen LogP contribution in [-0.4, -0.2) is 29.4 Å². The molecule has 1 saturated heterocycles. The number of rotatable bonds is 9. The lowest BCUT2D eigenvalue weighted by atomic mass is 9.82. The number of hydrogen-bond donors (Lipinski definition) is 0. The molecule has 1 aliphatic rings. The highest BCUT2D eigenvalue weighted by Gasteiger charge is 2.43. The number of nitrogens with zero attached hydrogens (tertiary/aromatic N) is 2. The van der Waals surface area contributed by atoms with Gasteiger partial charge in [0.15, 0.2) is 0 Å². The summed E-state index contributed by atoms with van der Waals surface area (Å²) in [5, 5.41) is 11.4. The van der Waals surface area contributed by atoms with Crippen molar-refractivity contribution in [1.29, 1.82) is 5.26 Å². The molecule has 4 nitrogen and oxygen atoms in total. The van der Waals surface area contributed by atoms with Crippen LogP contribution in [0.3, 0.4) is 0 Å². The highest BCUT2D eigenvalue weighted by atomic mass is 16.7. The van der Waals surface area contributed by atoms with E-state index in [9.17, 15) is 0 Å². The fraction of sp³-hybridized carbons (Fsp3) is 0.708. The molecule has 0 bridgehead atoms. The minimum atomic E-state index is -0.291. The average Bonchev–Trinajstić information content (AvgIpc) is 2.63. The second kappa shape index (κ2) is 9.39. The molecule has 1 fully saturated rings. The van der Waals surface area contributed by atoms with E-state index in [1.165, 1.54) is 6.42 Å². The van der Waals surface area contributed by atoms with Gasteiger partial charge >= 0.3 is 0 Å². The van der Waals surface area contributed by atoms with Gasteiger partial charge in [0.05, 0.1) is 18.1 Å². The third-order valence-electron chi connectivity index (χ3n) is 5.74. The first-order chi connectivity index (χ1) is 13.1. The van der Waals surface area contributed by atoms with Crippen LogP contribution >= 0.6 is 0 Å². The summed E-state index contributed by atoms with van der Waals surface area (Å²) in [6.07, 6.45) is 5.06. The summed E-state index contributed by atoms with van der Waals surface area (Å²) in [4.78, 5) is 6.63. The molecule has 0 radical (unpaired) electrons. The Hall–Kier alpha value is -1.41. The molecule has 0 amide bonds. The van der Waals surface area contributed by atoms with Gasteiger partial charge < -0.3 is 4.74 Å². The Bertz CT molecular complexity index is 630. The molecule has 1 aliphatic heterocycles. The van der Waals surface area contributed by atoms with E-state index in [0.29, 0.717) is 13.2 Å². The van der Waals surface area contributed by atoms with Gasteiger partial charge in [0, 0.05) is 17.7 Å². The maximum Gasteiger partial charge on any atom is 0.128 e. The normalized spacial score (nSPS) is 20.5. The van der Waals surface area contributed by atoms with E-state index in [-0.39, 0.29) is 22.6 Å². The van der Waals surface area contributed by atoms with Crippen molar-refractivity contribution in [2.75, 3.05) is 13.2 Å². The largest absolute Gasteiger partial charge is 0.378 e. The second-order valence-electron chi connectivity index (χ2n) is 9.95. The Morgan fingerprint density at radius 3 is 2.29 bits per heavy atom. The van der Waals surface area contributed by atoms with E-state index in [1.807, 2.05) is 32.0 Å². The molecule has 1 unspecified atom stereocenters. The molecule has 0 saturated carbocycles. The van der Waals surface area contributed by atoms with Gasteiger partial charge in [0.2, 0.25) is 0 Å². The lowest BCUT2D eigenvalue weighted by molar-refractivity contribution is -0.312. The zero-order valence-corrected chi connectivity index (χ0v) is 18.6. The molecule has 1 heterocycles. The quantitative estimate of drug-likeness (QED) is 0.485. The Labute approximate surface area is 171 Å². The van der Waals surface area contributed by atoms with E-state index in [1.54, 1.807) is 0 Å². The predicted molar refractivity (Wildman–Crippen MR) is 114 cm³/mol. The summed E-state index contributed by atoms with van der Waals surface area (Å²) in [6, 6.07) is 12.7. The molecule has 0 aliphatic carbocycles. The van der Waals surface area contributed by atoms with Crippen molar-refractivity contribution >= 4 is 0 Å². The molecular formula is C24H38N2O2. The van der Waals surface area contributed by atoms with Crippen LogP contribution in [0.4, 0.5) is 0 Å². The van der Waals surface area contributed by atoms with E-state index < -0.39 is 0 Å². The van der Waals surface area contributed by atoms with Crippen LogP contribution in [0.5, 0.6) is 0 Å². The standard InChI is InChI=1S/C24H38N2O2/c1-22(2,19-25)14-11-17-27-18-21(20-12-8-7-9-13-20)28-26-23(3,4)15-10-16-24(26,5)6/h7-9,12-13,21H,10-11,14-18H2,1-6H3. The Morgan fingerprint density at radius 2 is 1.71 bits per heavy atom. The summed E-state index contributed by atoms with van der Waals surface area (Å²) >= 11 is 0. The van der Waals surface area contributed by atoms with E-state index in [4.69, 9.17) is 14.8 Å². The molecule has 4 heteroatoms. The van der Waals surface area contributed by atoms with Crippen LogP contribution in [0.25, 0.3) is 0 Å². The summed E-state index contributed by atoms with van der Waals surface area (Å²) in [5.41, 5.74) is 0.828. The molecule has 1 aromatic carbocycles. The van der Waals surface area contributed by atoms with Gasteiger partial charge in [-0.15, -0.1) is 0 Å². The zero-order chi connectivity index (χ0) is 20.8. The highest BCUT2D eigenvalue weighted by molar-refractivity contribution is 5.17. The van der Waals surface area contributed by atoms with Crippen molar-refractivity contribution in [3.05, 3.63) is 35.9 Å². The first-order valence-electron chi connectivity index (χ1n) is 10.6. The van der Waals surface area contributed by atoms with Crippen molar-refractivity contribution in [3.8, 4) is 6.07 Å². The summed E-state index contributed by atoms with van der Waals surface area (Å²) in [6.45, 7) is 14.2. The van der Waals surface area contributed by atoms with Gasteiger partial charge in [0.25, 0.3) is 0 Å². The van der Waals surface area contributed by atoms with Crippen LogP contribution in [-0.2, 0) is 9.57 Å². The Balaban J connectivity index is 2.03. The molecule has 28 heavy (non-hydrogen) atoms. The third kappa shape index (κ3) is 6.30. The first kappa shape index (κ1) is 22.9. The number of benzene rings is 1. The molecule has 2 rings (SSSR count). The van der Waals surface area contributed by atoms with E-state index >= 15 is 0 Å². The Morgan fingerprint density at radius 1 is 1.11 bits per heavy atom. The van der Waals surface area contributed by atoms with Gasteiger partial charge in [-0.05, 0) is 79.2 Å². The first-order valence-corrected chi connectivity index (χ1v) is 10.6. The fourth-order valence-electron chi connectivity index (χ4n) is 4.11. The second-order valence-corrected chi connectivity index (χ2v) is 9.95. The van der Waals surface area contributed by atoms with Gasteiger partial charge in [-0.25, -0.2) is 0 Å². The third-order valence-corrected chi connectivity index (χ3v) is 5.74. The zero-order valence-electron chi connectivity index (χ0n) is 18.6. The minimum Gasteiger partial charge on any atom is -0.378 e. The molecule has 1 aromatic rings. The van der Waals surface area contributed by atoms with Crippen molar-refractivity contribution in [3.63, 3.8) is 0 Å². The molecule has 0 spiro atoms. The number of hydroxylamine groups is 2. The van der Waals surface area contributed by atoms with Crippen molar-refractivity contribution in [1.82, 2.24) is 5.06 Å². The predicted octanol–water partition coefficient (Wildman–Crippen LogP) is 6.05.